The number of hydrogen-bond acceptors (Lipinski definition) is 4. The van der Waals surface area contributed by atoms with Crippen molar-refractivity contribution in [2.24, 2.45) is 0 Å². The topological polar surface area (TPSA) is 39.7 Å². The second-order valence-corrected chi connectivity index (χ2v) is 7.52. The summed E-state index contributed by atoms with van der Waals surface area (Å²) in [7, 11) is 0. The van der Waals surface area contributed by atoms with Gasteiger partial charge in [0.15, 0.2) is 5.79 Å². The van der Waals surface area contributed by atoms with E-state index in [0.29, 0.717) is 12.1 Å². The Hall–Kier alpha value is -0.940. The minimum atomic E-state index is -0.245. The van der Waals surface area contributed by atoms with E-state index in [0.717, 1.165) is 45.4 Å². The van der Waals surface area contributed by atoms with Crippen LogP contribution in [0.15, 0.2) is 30.3 Å². The molecule has 0 bridgehead atoms. The Morgan fingerprint density at radius 3 is 2.67 bits per heavy atom. The molecule has 0 aromatic heterocycles. The lowest BCUT2D eigenvalue weighted by molar-refractivity contribution is -0.186. The minimum Gasteiger partial charge on any atom is -0.373 e. The third-order valence-electron chi connectivity index (χ3n) is 5.59. The zero-order chi connectivity index (χ0) is 16.2. The highest BCUT2D eigenvalue weighted by Crippen LogP contribution is 2.37. The smallest absolute Gasteiger partial charge is 0.168 e. The molecule has 3 aliphatic rings. The Bertz CT molecular complexity index is 509. The van der Waals surface area contributed by atoms with Crippen LogP contribution in [0.4, 0.5) is 0 Å². The van der Waals surface area contributed by atoms with E-state index in [1.165, 1.54) is 24.8 Å². The van der Waals surface area contributed by atoms with E-state index in [-0.39, 0.29) is 11.9 Å². The maximum atomic E-state index is 6.23. The zero-order valence-electron chi connectivity index (χ0n) is 14.4. The summed E-state index contributed by atoms with van der Waals surface area (Å²) >= 11 is 0. The van der Waals surface area contributed by atoms with Crippen LogP contribution in [0.5, 0.6) is 0 Å². The molecule has 3 fully saturated rings. The van der Waals surface area contributed by atoms with Crippen molar-refractivity contribution in [1.82, 2.24) is 5.32 Å². The molecule has 1 spiro atoms. The molecule has 4 nitrogen and oxygen atoms in total. The molecule has 1 atom stereocenters. The quantitative estimate of drug-likeness (QED) is 0.867. The van der Waals surface area contributed by atoms with E-state index < -0.39 is 0 Å². The zero-order valence-corrected chi connectivity index (χ0v) is 14.4. The molecule has 132 valence electrons. The van der Waals surface area contributed by atoms with Crippen molar-refractivity contribution in [3.8, 4) is 0 Å². The predicted molar refractivity (Wildman–Crippen MR) is 92.7 cm³/mol. The molecule has 0 radical (unpaired) electrons. The van der Waals surface area contributed by atoms with Crippen LogP contribution < -0.4 is 5.32 Å². The van der Waals surface area contributed by atoms with Crippen LogP contribution in [0, 0.1) is 0 Å². The minimum absolute atomic E-state index is 0.215. The highest BCUT2D eigenvalue weighted by atomic mass is 16.7. The van der Waals surface area contributed by atoms with Gasteiger partial charge in [0.05, 0.1) is 25.4 Å². The number of ether oxygens (including phenoxy) is 3. The second kappa shape index (κ2) is 7.52. The average Bonchev–Trinajstić information content (AvgIpc) is 2.97. The fourth-order valence-corrected chi connectivity index (χ4v) is 4.02. The van der Waals surface area contributed by atoms with Crippen molar-refractivity contribution < 1.29 is 14.2 Å². The van der Waals surface area contributed by atoms with Crippen molar-refractivity contribution in [2.75, 3.05) is 13.2 Å². The maximum Gasteiger partial charge on any atom is 0.168 e. The SMILES string of the molecule is c1ccc(COC2CC(NCC3COC4(CCCCC4)O3)C2)cc1. The molecule has 4 heteroatoms. The van der Waals surface area contributed by atoms with Crippen LogP contribution in [0.3, 0.4) is 0 Å². The van der Waals surface area contributed by atoms with Gasteiger partial charge in [0, 0.05) is 25.4 Å². The molecule has 4 rings (SSSR count). The van der Waals surface area contributed by atoms with E-state index in [9.17, 15) is 0 Å². The second-order valence-electron chi connectivity index (χ2n) is 7.52. The molecule has 24 heavy (non-hydrogen) atoms. The molecular weight excluding hydrogens is 302 g/mol. The third kappa shape index (κ3) is 3.99. The summed E-state index contributed by atoms with van der Waals surface area (Å²) in [5, 5.41) is 3.63. The van der Waals surface area contributed by atoms with Gasteiger partial charge in [-0.1, -0.05) is 36.8 Å². The van der Waals surface area contributed by atoms with Gasteiger partial charge in [-0.25, -0.2) is 0 Å². The Kier molecular flexibility index (Phi) is 5.18. The normalized spacial score (nSPS) is 31.9. The van der Waals surface area contributed by atoms with Crippen LogP contribution in [0.1, 0.15) is 50.5 Å². The Morgan fingerprint density at radius 2 is 1.88 bits per heavy atom. The molecular formula is C20H29NO3. The number of hydrogen-bond donors (Lipinski definition) is 1. The van der Waals surface area contributed by atoms with Crippen molar-refractivity contribution in [1.29, 1.82) is 0 Å². The van der Waals surface area contributed by atoms with Gasteiger partial charge in [-0.2, -0.15) is 0 Å². The lowest BCUT2D eigenvalue weighted by atomic mass is 9.89. The number of rotatable bonds is 6. The summed E-state index contributed by atoms with van der Waals surface area (Å²) in [5.74, 6) is -0.245. The first-order valence-electron chi connectivity index (χ1n) is 9.52. The lowest BCUT2D eigenvalue weighted by Gasteiger charge is -2.36. The van der Waals surface area contributed by atoms with E-state index >= 15 is 0 Å². The summed E-state index contributed by atoms with van der Waals surface area (Å²) in [6, 6.07) is 11.0. The van der Waals surface area contributed by atoms with Gasteiger partial charge < -0.3 is 19.5 Å². The Morgan fingerprint density at radius 1 is 1.08 bits per heavy atom. The van der Waals surface area contributed by atoms with Crippen molar-refractivity contribution in [3.05, 3.63) is 35.9 Å². The maximum absolute atomic E-state index is 6.23. The van der Waals surface area contributed by atoms with Gasteiger partial charge in [-0.05, 0) is 31.2 Å². The van der Waals surface area contributed by atoms with E-state index in [1.807, 2.05) is 6.07 Å². The van der Waals surface area contributed by atoms with Crippen LogP contribution in [-0.4, -0.2) is 37.2 Å². The number of nitrogens with one attached hydrogen (secondary N) is 1. The van der Waals surface area contributed by atoms with Crippen molar-refractivity contribution in [2.45, 2.75) is 75.6 Å². The fraction of sp³-hybridized carbons (Fsp3) is 0.700. The molecule has 1 aliphatic heterocycles. The first-order chi connectivity index (χ1) is 11.8. The first-order valence-corrected chi connectivity index (χ1v) is 9.52. The van der Waals surface area contributed by atoms with Crippen LogP contribution in [0.2, 0.25) is 0 Å². The fourth-order valence-electron chi connectivity index (χ4n) is 4.02. The Labute approximate surface area is 144 Å². The van der Waals surface area contributed by atoms with Gasteiger partial charge >= 0.3 is 0 Å². The van der Waals surface area contributed by atoms with E-state index in [2.05, 4.69) is 29.6 Å². The molecule has 2 saturated carbocycles. The highest BCUT2D eigenvalue weighted by Gasteiger charge is 2.42. The molecule has 2 aliphatic carbocycles. The van der Waals surface area contributed by atoms with Gasteiger partial charge in [-0.3, -0.25) is 0 Å². The van der Waals surface area contributed by atoms with Crippen molar-refractivity contribution >= 4 is 0 Å². The first kappa shape index (κ1) is 16.5. The van der Waals surface area contributed by atoms with Crippen LogP contribution in [-0.2, 0) is 20.8 Å². The van der Waals surface area contributed by atoms with E-state index in [4.69, 9.17) is 14.2 Å². The third-order valence-corrected chi connectivity index (χ3v) is 5.59. The van der Waals surface area contributed by atoms with Crippen molar-refractivity contribution in [3.63, 3.8) is 0 Å². The van der Waals surface area contributed by atoms with Crippen LogP contribution >= 0.6 is 0 Å². The number of benzene rings is 1. The van der Waals surface area contributed by atoms with Gasteiger partial charge in [0.25, 0.3) is 0 Å². The van der Waals surface area contributed by atoms with Gasteiger partial charge in [0.1, 0.15) is 0 Å². The van der Waals surface area contributed by atoms with Gasteiger partial charge in [0.2, 0.25) is 0 Å². The molecule has 0 amide bonds. The van der Waals surface area contributed by atoms with E-state index in [1.54, 1.807) is 0 Å². The molecule has 1 aromatic rings. The molecule has 1 N–H and O–H groups in total. The molecule has 1 saturated heterocycles. The summed E-state index contributed by atoms with van der Waals surface area (Å²) in [5.41, 5.74) is 1.25. The van der Waals surface area contributed by atoms with Gasteiger partial charge in [-0.15, -0.1) is 0 Å². The summed E-state index contributed by atoms with van der Waals surface area (Å²) in [6.45, 7) is 2.37. The Balaban J connectivity index is 1.11. The monoisotopic (exact) mass is 331 g/mol. The standard InChI is InChI=1S/C20H29NO3/c1-3-7-16(8-4-1)14-22-18-11-17(12-18)21-13-19-15-23-20(24-19)9-5-2-6-10-20/h1,3-4,7-8,17-19,21H,2,5-6,9-15H2. The molecule has 1 heterocycles. The highest BCUT2D eigenvalue weighted by molar-refractivity contribution is 5.13. The lowest BCUT2D eigenvalue weighted by Crippen LogP contribution is -2.48. The average molecular weight is 331 g/mol. The summed E-state index contributed by atoms with van der Waals surface area (Å²) < 4.78 is 18.2. The predicted octanol–water partition coefficient (Wildman–Crippen LogP) is 3.40. The molecule has 1 unspecified atom stereocenters. The summed E-state index contributed by atoms with van der Waals surface area (Å²) in [4.78, 5) is 0. The molecule has 1 aromatic carbocycles. The largest absolute Gasteiger partial charge is 0.373 e. The summed E-state index contributed by atoms with van der Waals surface area (Å²) in [6.07, 6.45) is 8.76. The van der Waals surface area contributed by atoms with Crippen LogP contribution in [0.25, 0.3) is 0 Å².